The summed E-state index contributed by atoms with van der Waals surface area (Å²) in [6.07, 6.45) is 1.98. The molecule has 1 fully saturated rings. The maximum absolute atomic E-state index is 12.5. The molecule has 0 unspecified atom stereocenters. The third-order valence-corrected chi connectivity index (χ3v) is 6.20. The number of carbonyl (C=O) groups excluding carboxylic acids is 1. The van der Waals surface area contributed by atoms with E-state index in [-0.39, 0.29) is 23.1 Å². The van der Waals surface area contributed by atoms with Gasteiger partial charge in [-0.2, -0.15) is 8.42 Å². The zero-order chi connectivity index (χ0) is 21.2. The molecule has 1 aliphatic heterocycles. The van der Waals surface area contributed by atoms with Crippen molar-refractivity contribution >= 4 is 16.2 Å². The highest BCUT2D eigenvalue weighted by molar-refractivity contribution is 7.86. The minimum absolute atomic E-state index is 0.138. The zero-order valence-electron chi connectivity index (χ0n) is 17.8. The van der Waals surface area contributed by atoms with Crippen LogP contribution in [-0.4, -0.2) is 43.7 Å². The van der Waals surface area contributed by atoms with E-state index in [1.165, 1.54) is 0 Å². The lowest BCUT2D eigenvalue weighted by molar-refractivity contribution is 0.0131. The van der Waals surface area contributed by atoms with Crippen molar-refractivity contribution in [2.45, 2.75) is 76.8 Å². The Balaban J connectivity index is 1.83. The Morgan fingerprint density at radius 2 is 1.82 bits per heavy atom. The van der Waals surface area contributed by atoms with Gasteiger partial charge in [0.2, 0.25) is 0 Å². The van der Waals surface area contributed by atoms with Gasteiger partial charge < -0.3 is 9.64 Å². The minimum Gasteiger partial charge on any atom is -0.444 e. The molecular weight excluding hydrogens is 378 g/mol. The molecule has 1 heterocycles. The Hall–Kier alpha value is -1.60. The fraction of sp³-hybridized carbons (Fsp3) is 0.667. The molecule has 0 N–H and O–H groups in total. The molecule has 1 atom stereocenters. The van der Waals surface area contributed by atoms with Gasteiger partial charge >= 0.3 is 6.09 Å². The van der Waals surface area contributed by atoms with Gasteiger partial charge in [0, 0.05) is 12.1 Å². The number of ether oxygens (including phenoxy) is 1. The summed E-state index contributed by atoms with van der Waals surface area (Å²) in [5, 5.41) is 0. The zero-order valence-corrected chi connectivity index (χ0v) is 18.6. The van der Waals surface area contributed by atoms with E-state index in [9.17, 15) is 13.2 Å². The number of hydrogen-bond donors (Lipinski definition) is 0. The molecule has 6 nitrogen and oxygen atoms in total. The molecular formula is C21H33NO5S. The van der Waals surface area contributed by atoms with Gasteiger partial charge in [-0.1, -0.05) is 17.7 Å². The molecule has 0 saturated carbocycles. The first-order valence-electron chi connectivity index (χ1n) is 9.77. The van der Waals surface area contributed by atoms with Crippen LogP contribution in [-0.2, 0) is 19.0 Å². The van der Waals surface area contributed by atoms with Crippen molar-refractivity contribution in [1.82, 2.24) is 4.90 Å². The van der Waals surface area contributed by atoms with E-state index in [1.807, 2.05) is 41.5 Å². The van der Waals surface area contributed by atoms with Crippen LogP contribution in [0, 0.1) is 12.8 Å². The first-order valence-corrected chi connectivity index (χ1v) is 11.2. The van der Waals surface area contributed by atoms with Crippen molar-refractivity contribution in [1.29, 1.82) is 0 Å². The fourth-order valence-corrected chi connectivity index (χ4v) is 4.47. The van der Waals surface area contributed by atoms with Crippen molar-refractivity contribution in [3.05, 3.63) is 29.8 Å². The predicted octanol–water partition coefficient (Wildman–Crippen LogP) is 4.52. The van der Waals surface area contributed by atoms with Crippen LogP contribution in [0.25, 0.3) is 0 Å². The topological polar surface area (TPSA) is 72.9 Å². The van der Waals surface area contributed by atoms with Crippen LogP contribution in [0.5, 0.6) is 0 Å². The molecule has 0 bridgehead atoms. The van der Waals surface area contributed by atoms with Crippen molar-refractivity contribution in [2.24, 2.45) is 5.92 Å². The van der Waals surface area contributed by atoms with Gasteiger partial charge in [-0.25, -0.2) is 4.79 Å². The largest absolute Gasteiger partial charge is 0.444 e. The molecule has 1 saturated heterocycles. The highest BCUT2D eigenvalue weighted by Crippen LogP contribution is 2.36. The average Bonchev–Trinajstić information content (AvgIpc) is 2.85. The molecule has 1 aliphatic rings. The highest BCUT2D eigenvalue weighted by atomic mass is 32.2. The summed E-state index contributed by atoms with van der Waals surface area (Å²) in [5.74, 6) is 0.299. The number of amides is 1. The summed E-state index contributed by atoms with van der Waals surface area (Å²) in [5.41, 5.74) is 0.197. The molecule has 158 valence electrons. The lowest BCUT2D eigenvalue weighted by Gasteiger charge is -2.33. The third kappa shape index (κ3) is 6.21. The predicted molar refractivity (Wildman–Crippen MR) is 109 cm³/mol. The number of likely N-dealkylation sites (tertiary alicyclic amines) is 1. The maximum atomic E-state index is 12.5. The Morgan fingerprint density at radius 3 is 2.39 bits per heavy atom. The summed E-state index contributed by atoms with van der Waals surface area (Å²) in [6, 6.07) is 6.62. The monoisotopic (exact) mass is 411 g/mol. The average molecular weight is 412 g/mol. The summed E-state index contributed by atoms with van der Waals surface area (Å²) >= 11 is 0. The van der Waals surface area contributed by atoms with E-state index < -0.39 is 15.7 Å². The third-order valence-electron chi connectivity index (χ3n) is 4.88. The van der Waals surface area contributed by atoms with Crippen LogP contribution >= 0.6 is 0 Å². The van der Waals surface area contributed by atoms with Crippen molar-refractivity contribution in [3.63, 3.8) is 0 Å². The number of aryl methyl sites for hydroxylation is 1. The number of rotatable bonds is 6. The van der Waals surface area contributed by atoms with Crippen molar-refractivity contribution in [3.8, 4) is 0 Å². The quantitative estimate of drug-likeness (QED) is 0.508. The molecule has 7 heteroatoms. The second kappa shape index (κ2) is 8.41. The standard InChI is InChI=1S/C21H33NO5S/c1-16-9-11-18(12-10-16)28(24,25)26-13-7-8-17-14-21(5,6)22(15-17)19(23)27-20(2,3)4/h9-12,17H,7-8,13-15H2,1-6H3/t17-/m0/s1. The Labute approximate surface area is 169 Å². The number of benzene rings is 1. The van der Waals surface area contributed by atoms with Gasteiger partial charge in [-0.3, -0.25) is 4.18 Å². The molecule has 0 aromatic heterocycles. The van der Waals surface area contributed by atoms with E-state index in [4.69, 9.17) is 8.92 Å². The second-order valence-electron chi connectivity index (χ2n) is 9.20. The van der Waals surface area contributed by atoms with Crippen LogP contribution in [0.1, 0.15) is 59.4 Å². The number of carbonyl (C=O) groups is 1. The van der Waals surface area contributed by atoms with Gasteiger partial charge in [0.25, 0.3) is 10.1 Å². The van der Waals surface area contributed by atoms with Gasteiger partial charge in [0.15, 0.2) is 0 Å². The van der Waals surface area contributed by atoms with Crippen LogP contribution < -0.4 is 0 Å². The first kappa shape index (κ1) is 22.7. The van der Waals surface area contributed by atoms with E-state index in [2.05, 4.69) is 0 Å². The Bertz CT molecular complexity index is 778. The number of nitrogens with zero attached hydrogens (tertiary/aromatic N) is 1. The van der Waals surface area contributed by atoms with E-state index >= 15 is 0 Å². The Kier molecular flexibility index (Phi) is 6.82. The fourth-order valence-electron chi connectivity index (χ4n) is 3.53. The summed E-state index contributed by atoms with van der Waals surface area (Å²) in [4.78, 5) is 14.4. The molecule has 28 heavy (non-hydrogen) atoms. The maximum Gasteiger partial charge on any atom is 0.410 e. The van der Waals surface area contributed by atoms with Gasteiger partial charge in [-0.05, 0) is 78.9 Å². The summed E-state index contributed by atoms with van der Waals surface area (Å²) in [7, 11) is -3.72. The van der Waals surface area contributed by atoms with Gasteiger partial charge in [0.05, 0.1) is 11.5 Å². The molecule has 1 amide bonds. The second-order valence-corrected chi connectivity index (χ2v) is 10.8. The molecule has 1 aromatic carbocycles. The number of hydrogen-bond acceptors (Lipinski definition) is 5. The molecule has 1 aromatic rings. The normalized spacial score (nSPS) is 19.6. The Morgan fingerprint density at radius 1 is 1.21 bits per heavy atom. The molecule has 0 aliphatic carbocycles. The summed E-state index contributed by atoms with van der Waals surface area (Å²) in [6.45, 7) is 12.3. The smallest absolute Gasteiger partial charge is 0.410 e. The highest BCUT2D eigenvalue weighted by Gasteiger charge is 2.42. The SMILES string of the molecule is Cc1ccc(S(=O)(=O)OCCC[C@@H]2CN(C(=O)OC(C)(C)C)C(C)(C)C2)cc1. The van der Waals surface area contributed by atoms with Crippen LogP contribution in [0.2, 0.25) is 0 Å². The van der Waals surface area contributed by atoms with Crippen LogP contribution in [0.3, 0.4) is 0 Å². The first-order chi connectivity index (χ1) is 12.8. The lowest BCUT2D eigenvalue weighted by atomic mass is 9.93. The lowest BCUT2D eigenvalue weighted by Crippen LogP contribution is -2.45. The van der Waals surface area contributed by atoms with Gasteiger partial charge in [0.1, 0.15) is 5.60 Å². The van der Waals surface area contributed by atoms with E-state index in [0.29, 0.717) is 18.9 Å². The van der Waals surface area contributed by atoms with Crippen LogP contribution in [0.4, 0.5) is 4.79 Å². The van der Waals surface area contributed by atoms with E-state index in [1.54, 1.807) is 29.2 Å². The minimum atomic E-state index is -3.72. The van der Waals surface area contributed by atoms with E-state index in [0.717, 1.165) is 18.4 Å². The molecule has 0 spiro atoms. The van der Waals surface area contributed by atoms with Gasteiger partial charge in [-0.15, -0.1) is 0 Å². The summed E-state index contributed by atoms with van der Waals surface area (Å²) < 4.78 is 35.1. The molecule has 2 rings (SSSR count). The van der Waals surface area contributed by atoms with Crippen molar-refractivity contribution < 1.29 is 22.1 Å². The van der Waals surface area contributed by atoms with Crippen LogP contribution in [0.15, 0.2) is 29.2 Å². The molecule has 0 radical (unpaired) electrons. The van der Waals surface area contributed by atoms with Crippen molar-refractivity contribution in [2.75, 3.05) is 13.2 Å².